The van der Waals surface area contributed by atoms with Crippen LogP contribution in [-0.4, -0.2) is 28.8 Å². The summed E-state index contributed by atoms with van der Waals surface area (Å²) in [4.78, 5) is 26.5. The molecule has 0 aromatic heterocycles. The smallest absolute Gasteiger partial charge is 0.246 e. The number of rotatable bonds is 4. The molecule has 1 fully saturated rings. The van der Waals surface area contributed by atoms with Crippen molar-refractivity contribution in [3.8, 4) is 0 Å². The third kappa shape index (κ3) is 3.46. The second-order valence-electron chi connectivity index (χ2n) is 5.64. The number of carbonyl (C=O) groups is 2. The van der Waals surface area contributed by atoms with E-state index in [9.17, 15) is 9.59 Å². The summed E-state index contributed by atoms with van der Waals surface area (Å²) in [5.74, 6) is 0.0743. The van der Waals surface area contributed by atoms with Gasteiger partial charge in [0.1, 0.15) is 12.1 Å². The van der Waals surface area contributed by atoms with Crippen molar-refractivity contribution in [1.29, 1.82) is 0 Å². The SMILES string of the molecule is CCC(C)C1NC(=O)C(C)N(Cc2cccc(Br)c2)C1=O. The number of amides is 2. The monoisotopic (exact) mass is 352 g/mol. The third-order valence-corrected chi connectivity index (χ3v) is 4.64. The largest absolute Gasteiger partial charge is 0.342 e. The highest BCUT2D eigenvalue weighted by Gasteiger charge is 2.39. The normalized spacial score (nSPS) is 23.9. The lowest BCUT2D eigenvalue weighted by molar-refractivity contribution is -0.150. The molecule has 0 radical (unpaired) electrons. The Bertz CT molecular complexity index is 547. The van der Waals surface area contributed by atoms with Crippen LogP contribution in [0.3, 0.4) is 0 Å². The van der Waals surface area contributed by atoms with Gasteiger partial charge in [-0.25, -0.2) is 0 Å². The summed E-state index contributed by atoms with van der Waals surface area (Å²) in [6.07, 6.45) is 0.857. The van der Waals surface area contributed by atoms with Gasteiger partial charge in [0.15, 0.2) is 0 Å². The second-order valence-corrected chi connectivity index (χ2v) is 6.56. The minimum atomic E-state index is -0.434. The Labute approximate surface area is 134 Å². The van der Waals surface area contributed by atoms with E-state index in [1.54, 1.807) is 11.8 Å². The molecule has 4 nitrogen and oxygen atoms in total. The van der Waals surface area contributed by atoms with Gasteiger partial charge in [0, 0.05) is 11.0 Å². The van der Waals surface area contributed by atoms with E-state index in [4.69, 9.17) is 0 Å². The molecule has 1 saturated heterocycles. The Hall–Kier alpha value is -1.36. The fourth-order valence-corrected chi connectivity index (χ4v) is 2.96. The molecule has 21 heavy (non-hydrogen) atoms. The molecule has 1 aliphatic heterocycles. The van der Waals surface area contributed by atoms with Gasteiger partial charge in [0.05, 0.1) is 0 Å². The van der Waals surface area contributed by atoms with Gasteiger partial charge < -0.3 is 10.2 Å². The van der Waals surface area contributed by atoms with Crippen molar-refractivity contribution >= 4 is 27.7 Å². The summed E-state index contributed by atoms with van der Waals surface area (Å²) in [7, 11) is 0. The van der Waals surface area contributed by atoms with Crippen LogP contribution in [0.4, 0.5) is 0 Å². The van der Waals surface area contributed by atoms with E-state index in [1.807, 2.05) is 38.1 Å². The maximum atomic E-state index is 12.7. The first-order chi connectivity index (χ1) is 9.93. The first kappa shape index (κ1) is 16.0. The molecule has 3 atom stereocenters. The van der Waals surface area contributed by atoms with Gasteiger partial charge in [-0.05, 0) is 30.5 Å². The van der Waals surface area contributed by atoms with E-state index in [1.165, 1.54) is 0 Å². The molecule has 0 saturated carbocycles. The van der Waals surface area contributed by atoms with Crippen LogP contribution in [0.25, 0.3) is 0 Å². The predicted octanol–water partition coefficient (Wildman–Crippen LogP) is 2.71. The maximum Gasteiger partial charge on any atom is 0.246 e. The Morgan fingerprint density at radius 3 is 2.71 bits per heavy atom. The zero-order chi connectivity index (χ0) is 15.6. The number of hydrogen-bond acceptors (Lipinski definition) is 2. The quantitative estimate of drug-likeness (QED) is 0.905. The number of piperazine rings is 1. The van der Waals surface area contributed by atoms with Crippen LogP contribution >= 0.6 is 15.9 Å². The molecule has 2 amide bonds. The van der Waals surface area contributed by atoms with Gasteiger partial charge in [0.2, 0.25) is 11.8 Å². The molecule has 1 heterocycles. The van der Waals surface area contributed by atoms with Crippen LogP contribution in [0.1, 0.15) is 32.8 Å². The minimum absolute atomic E-state index is 0.0106. The van der Waals surface area contributed by atoms with Crippen LogP contribution in [0, 0.1) is 5.92 Å². The highest BCUT2D eigenvalue weighted by atomic mass is 79.9. The van der Waals surface area contributed by atoms with Gasteiger partial charge in [-0.15, -0.1) is 0 Å². The molecule has 2 rings (SSSR count). The number of hydrogen-bond donors (Lipinski definition) is 1. The predicted molar refractivity (Wildman–Crippen MR) is 85.5 cm³/mol. The molecule has 1 aromatic carbocycles. The van der Waals surface area contributed by atoms with Gasteiger partial charge in [-0.3, -0.25) is 9.59 Å². The number of carbonyl (C=O) groups excluding carboxylic acids is 2. The average molecular weight is 353 g/mol. The summed E-state index contributed by atoms with van der Waals surface area (Å²) in [6.45, 7) is 6.26. The molecular formula is C16H21BrN2O2. The number of benzene rings is 1. The highest BCUT2D eigenvalue weighted by molar-refractivity contribution is 9.10. The topological polar surface area (TPSA) is 49.4 Å². The van der Waals surface area contributed by atoms with Crippen LogP contribution in [0.15, 0.2) is 28.7 Å². The summed E-state index contributed by atoms with van der Waals surface area (Å²) in [5.41, 5.74) is 1.02. The lowest BCUT2D eigenvalue weighted by Crippen LogP contribution is -2.63. The molecule has 114 valence electrons. The van der Waals surface area contributed by atoms with Crippen LogP contribution in [0.5, 0.6) is 0 Å². The lowest BCUT2D eigenvalue weighted by atomic mass is 9.94. The molecule has 5 heteroatoms. The fraction of sp³-hybridized carbons (Fsp3) is 0.500. The summed E-state index contributed by atoms with van der Waals surface area (Å²) < 4.78 is 0.972. The van der Waals surface area contributed by atoms with Crippen LogP contribution in [-0.2, 0) is 16.1 Å². The van der Waals surface area contributed by atoms with Crippen molar-refractivity contribution in [2.24, 2.45) is 5.92 Å². The molecular weight excluding hydrogens is 332 g/mol. The van der Waals surface area contributed by atoms with E-state index in [-0.39, 0.29) is 17.7 Å². The molecule has 1 N–H and O–H groups in total. The van der Waals surface area contributed by atoms with Crippen molar-refractivity contribution in [1.82, 2.24) is 10.2 Å². The number of nitrogens with one attached hydrogen (secondary N) is 1. The van der Waals surface area contributed by atoms with Gasteiger partial charge in [0.25, 0.3) is 0 Å². The van der Waals surface area contributed by atoms with E-state index >= 15 is 0 Å². The Balaban J connectivity index is 2.22. The molecule has 1 aliphatic rings. The van der Waals surface area contributed by atoms with Gasteiger partial charge in [-0.2, -0.15) is 0 Å². The highest BCUT2D eigenvalue weighted by Crippen LogP contribution is 2.21. The van der Waals surface area contributed by atoms with Crippen LogP contribution < -0.4 is 5.32 Å². The standard InChI is InChI=1S/C16H21BrN2O2/c1-4-10(2)14-16(21)19(11(3)15(20)18-14)9-12-6-5-7-13(17)8-12/h5-8,10-11,14H,4,9H2,1-3H3,(H,18,20). The minimum Gasteiger partial charge on any atom is -0.342 e. The fourth-order valence-electron chi connectivity index (χ4n) is 2.51. The van der Waals surface area contributed by atoms with Crippen molar-refractivity contribution < 1.29 is 9.59 Å². The van der Waals surface area contributed by atoms with Crippen molar-refractivity contribution in [3.05, 3.63) is 34.3 Å². The van der Waals surface area contributed by atoms with Crippen LogP contribution in [0.2, 0.25) is 0 Å². The van der Waals surface area contributed by atoms with Crippen molar-refractivity contribution in [3.63, 3.8) is 0 Å². The van der Waals surface area contributed by atoms with E-state index in [2.05, 4.69) is 21.2 Å². The average Bonchev–Trinajstić information content (AvgIpc) is 2.46. The first-order valence-electron chi connectivity index (χ1n) is 7.29. The third-order valence-electron chi connectivity index (χ3n) is 4.15. The molecule has 0 bridgehead atoms. The van der Waals surface area contributed by atoms with Gasteiger partial charge >= 0.3 is 0 Å². The Kier molecular flexibility index (Phi) is 5.04. The van der Waals surface area contributed by atoms with Gasteiger partial charge in [-0.1, -0.05) is 48.3 Å². The lowest BCUT2D eigenvalue weighted by Gasteiger charge is -2.39. The van der Waals surface area contributed by atoms with E-state index in [0.717, 1.165) is 16.5 Å². The Morgan fingerprint density at radius 2 is 2.10 bits per heavy atom. The zero-order valence-electron chi connectivity index (χ0n) is 12.6. The number of nitrogens with zero attached hydrogens (tertiary/aromatic N) is 1. The zero-order valence-corrected chi connectivity index (χ0v) is 14.2. The number of halogens is 1. The van der Waals surface area contributed by atoms with E-state index < -0.39 is 12.1 Å². The summed E-state index contributed by atoms with van der Waals surface area (Å²) in [6, 6.07) is 6.98. The first-order valence-corrected chi connectivity index (χ1v) is 8.08. The molecule has 0 spiro atoms. The molecule has 0 aliphatic carbocycles. The second kappa shape index (κ2) is 6.60. The molecule has 3 unspecified atom stereocenters. The van der Waals surface area contributed by atoms with Crippen molar-refractivity contribution in [2.45, 2.75) is 45.8 Å². The molecule has 1 aromatic rings. The Morgan fingerprint density at radius 1 is 1.38 bits per heavy atom. The van der Waals surface area contributed by atoms with E-state index in [0.29, 0.717) is 6.54 Å². The summed E-state index contributed by atoms with van der Waals surface area (Å²) >= 11 is 3.43. The summed E-state index contributed by atoms with van der Waals surface area (Å²) in [5, 5.41) is 2.85. The van der Waals surface area contributed by atoms with Crippen molar-refractivity contribution in [2.75, 3.05) is 0 Å². The maximum absolute atomic E-state index is 12.7.